The van der Waals surface area contributed by atoms with Crippen molar-refractivity contribution in [1.82, 2.24) is 9.97 Å². The Kier molecular flexibility index (Phi) is 4.04. The van der Waals surface area contributed by atoms with Gasteiger partial charge in [-0.25, -0.2) is 9.37 Å². The van der Waals surface area contributed by atoms with Crippen LogP contribution in [0.25, 0.3) is 27.7 Å². The van der Waals surface area contributed by atoms with E-state index in [1.807, 2.05) is 6.07 Å². The van der Waals surface area contributed by atoms with E-state index >= 15 is 0 Å². The monoisotopic (exact) mass is 336 g/mol. The molecule has 2 aromatic heterocycles. The SMILES string of the molecule is COc1ccc(F)cc1-c1ccnc2[nH]c(C3=CCC(C)CC3)cc12. The van der Waals surface area contributed by atoms with Gasteiger partial charge in [-0.2, -0.15) is 0 Å². The molecule has 128 valence electrons. The maximum absolute atomic E-state index is 13.8. The van der Waals surface area contributed by atoms with E-state index in [0.29, 0.717) is 5.75 Å². The first-order valence-corrected chi connectivity index (χ1v) is 8.66. The van der Waals surface area contributed by atoms with Crippen molar-refractivity contribution in [2.45, 2.75) is 26.2 Å². The Balaban J connectivity index is 1.85. The van der Waals surface area contributed by atoms with Crippen LogP contribution >= 0.6 is 0 Å². The van der Waals surface area contributed by atoms with Crippen LogP contribution in [0.15, 0.2) is 42.6 Å². The van der Waals surface area contributed by atoms with Gasteiger partial charge < -0.3 is 9.72 Å². The van der Waals surface area contributed by atoms with Crippen molar-refractivity contribution in [2.75, 3.05) is 7.11 Å². The highest BCUT2D eigenvalue weighted by Gasteiger charge is 2.17. The molecule has 1 unspecified atom stereocenters. The van der Waals surface area contributed by atoms with E-state index in [-0.39, 0.29) is 5.82 Å². The zero-order valence-corrected chi connectivity index (χ0v) is 14.5. The quantitative estimate of drug-likeness (QED) is 0.678. The predicted molar refractivity (Wildman–Crippen MR) is 99.0 cm³/mol. The van der Waals surface area contributed by atoms with Gasteiger partial charge in [0.25, 0.3) is 0 Å². The highest BCUT2D eigenvalue weighted by atomic mass is 19.1. The first-order chi connectivity index (χ1) is 12.2. The molecule has 0 spiro atoms. The number of aromatic amines is 1. The van der Waals surface area contributed by atoms with Crippen LogP contribution in [-0.2, 0) is 0 Å². The van der Waals surface area contributed by atoms with Crippen LogP contribution in [0.4, 0.5) is 4.39 Å². The molecule has 25 heavy (non-hydrogen) atoms. The molecule has 0 fully saturated rings. The third kappa shape index (κ3) is 2.93. The number of nitrogens with zero attached hydrogens (tertiary/aromatic N) is 1. The lowest BCUT2D eigenvalue weighted by Crippen LogP contribution is -2.00. The van der Waals surface area contributed by atoms with Crippen molar-refractivity contribution in [3.63, 3.8) is 0 Å². The minimum absolute atomic E-state index is 0.277. The molecule has 1 atom stereocenters. The summed E-state index contributed by atoms with van der Waals surface area (Å²) < 4.78 is 19.2. The number of allylic oxidation sites excluding steroid dienone is 2. The Bertz CT molecular complexity index is 958. The van der Waals surface area contributed by atoms with Crippen molar-refractivity contribution in [3.05, 3.63) is 54.1 Å². The average molecular weight is 336 g/mol. The van der Waals surface area contributed by atoms with Crippen LogP contribution in [0.3, 0.4) is 0 Å². The molecule has 0 radical (unpaired) electrons. The summed E-state index contributed by atoms with van der Waals surface area (Å²) in [5, 5.41) is 0.987. The third-order valence-corrected chi connectivity index (χ3v) is 5.00. The maximum Gasteiger partial charge on any atom is 0.138 e. The molecule has 1 aliphatic carbocycles. The van der Waals surface area contributed by atoms with Crippen LogP contribution in [0.5, 0.6) is 5.75 Å². The molecular weight excluding hydrogens is 315 g/mol. The lowest BCUT2D eigenvalue weighted by Gasteiger charge is -2.17. The molecule has 3 nitrogen and oxygen atoms in total. The zero-order chi connectivity index (χ0) is 17.4. The summed E-state index contributed by atoms with van der Waals surface area (Å²) in [6.45, 7) is 2.29. The second-order valence-corrected chi connectivity index (χ2v) is 6.76. The highest BCUT2D eigenvalue weighted by molar-refractivity contribution is 5.96. The fourth-order valence-corrected chi connectivity index (χ4v) is 3.54. The molecule has 4 rings (SSSR count). The summed E-state index contributed by atoms with van der Waals surface area (Å²) in [5.41, 5.74) is 4.93. The van der Waals surface area contributed by atoms with Gasteiger partial charge in [-0.05, 0) is 66.6 Å². The molecule has 1 aliphatic rings. The molecule has 0 bridgehead atoms. The molecule has 1 N–H and O–H groups in total. The fraction of sp³-hybridized carbons (Fsp3) is 0.286. The first kappa shape index (κ1) is 15.9. The van der Waals surface area contributed by atoms with E-state index < -0.39 is 0 Å². The Labute approximate surface area is 146 Å². The van der Waals surface area contributed by atoms with Crippen molar-refractivity contribution < 1.29 is 9.13 Å². The summed E-state index contributed by atoms with van der Waals surface area (Å²) in [5.74, 6) is 1.13. The van der Waals surface area contributed by atoms with Crippen LogP contribution in [0, 0.1) is 11.7 Å². The van der Waals surface area contributed by atoms with Crippen LogP contribution in [-0.4, -0.2) is 17.1 Å². The molecule has 0 aliphatic heterocycles. The molecule has 2 heterocycles. The molecule has 1 aromatic carbocycles. The number of benzene rings is 1. The number of nitrogens with one attached hydrogen (secondary N) is 1. The lowest BCUT2D eigenvalue weighted by atomic mass is 9.89. The fourth-order valence-electron chi connectivity index (χ4n) is 3.54. The van der Waals surface area contributed by atoms with Crippen molar-refractivity contribution in [3.8, 4) is 16.9 Å². The molecule has 0 saturated carbocycles. The minimum atomic E-state index is -0.277. The standard InChI is InChI=1S/C21H21FN2O/c1-13-3-5-14(6-4-13)19-12-18-16(9-10-23-21(18)24-19)17-11-15(22)7-8-20(17)25-2/h5,7-13H,3-4,6H2,1-2H3,(H,23,24). The molecule has 0 saturated heterocycles. The molecule has 3 aromatic rings. The first-order valence-electron chi connectivity index (χ1n) is 8.66. The van der Waals surface area contributed by atoms with E-state index in [4.69, 9.17) is 4.74 Å². The minimum Gasteiger partial charge on any atom is -0.496 e. The van der Waals surface area contributed by atoms with Gasteiger partial charge >= 0.3 is 0 Å². The second-order valence-electron chi connectivity index (χ2n) is 6.76. The van der Waals surface area contributed by atoms with Gasteiger partial charge in [0.2, 0.25) is 0 Å². The van der Waals surface area contributed by atoms with Crippen LogP contribution in [0.2, 0.25) is 0 Å². The number of H-pyrrole nitrogens is 1. The predicted octanol–water partition coefficient (Wildman–Crippen LogP) is 5.58. The third-order valence-electron chi connectivity index (χ3n) is 5.00. The normalized spacial score (nSPS) is 17.6. The largest absolute Gasteiger partial charge is 0.496 e. The summed E-state index contributed by atoms with van der Waals surface area (Å²) in [6, 6.07) is 8.63. The number of hydrogen-bond acceptors (Lipinski definition) is 2. The topological polar surface area (TPSA) is 37.9 Å². The van der Waals surface area contributed by atoms with Crippen molar-refractivity contribution in [1.29, 1.82) is 0 Å². The number of aromatic nitrogens is 2. The number of halogens is 1. The van der Waals surface area contributed by atoms with E-state index in [2.05, 4.69) is 29.0 Å². The zero-order valence-electron chi connectivity index (χ0n) is 14.5. The lowest BCUT2D eigenvalue weighted by molar-refractivity contribution is 0.415. The van der Waals surface area contributed by atoms with E-state index in [0.717, 1.165) is 46.6 Å². The Morgan fingerprint density at radius 2 is 2.08 bits per heavy atom. The van der Waals surface area contributed by atoms with Gasteiger partial charge in [0.1, 0.15) is 17.2 Å². The van der Waals surface area contributed by atoms with Gasteiger partial charge in [-0.15, -0.1) is 0 Å². The number of rotatable bonds is 3. The van der Waals surface area contributed by atoms with E-state index in [1.54, 1.807) is 19.4 Å². The molecular formula is C21H21FN2O. The summed E-state index contributed by atoms with van der Waals surface area (Å²) in [6.07, 6.45) is 7.47. The second kappa shape index (κ2) is 6.36. The smallest absolute Gasteiger partial charge is 0.138 e. The van der Waals surface area contributed by atoms with Gasteiger partial charge in [0.15, 0.2) is 0 Å². The summed E-state index contributed by atoms with van der Waals surface area (Å²) in [4.78, 5) is 7.89. The Morgan fingerprint density at radius 1 is 1.20 bits per heavy atom. The number of hydrogen-bond donors (Lipinski definition) is 1. The number of pyridine rings is 1. The van der Waals surface area contributed by atoms with Crippen LogP contribution in [0.1, 0.15) is 31.9 Å². The van der Waals surface area contributed by atoms with Gasteiger partial charge in [-0.3, -0.25) is 0 Å². The number of methoxy groups -OCH3 is 1. The highest BCUT2D eigenvalue weighted by Crippen LogP contribution is 2.37. The number of fused-ring (bicyclic) bond motifs is 1. The molecule has 0 amide bonds. The Morgan fingerprint density at radius 3 is 2.84 bits per heavy atom. The van der Waals surface area contributed by atoms with E-state index in [9.17, 15) is 4.39 Å². The van der Waals surface area contributed by atoms with Gasteiger partial charge in [0, 0.05) is 22.8 Å². The summed E-state index contributed by atoms with van der Waals surface area (Å²) >= 11 is 0. The maximum atomic E-state index is 13.8. The van der Waals surface area contributed by atoms with Crippen LogP contribution < -0.4 is 4.74 Å². The van der Waals surface area contributed by atoms with E-state index in [1.165, 1.54) is 24.1 Å². The van der Waals surface area contributed by atoms with Gasteiger partial charge in [0.05, 0.1) is 7.11 Å². The van der Waals surface area contributed by atoms with Crippen molar-refractivity contribution in [2.24, 2.45) is 5.92 Å². The molecule has 4 heteroatoms. The average Bonchev–Trinajstić information content (AvgIpc) is 3.06. The number of ether oxygens (including phenoxy) is 1. The Hall–Kier alpha value is -2.62. The van der Waals surface area contributed by atoms with Crippen molar-refractivity contribution >= 4 is 16.6 Å². The van der Waals surface area contributed by atoms with Gasteiger partial charge in [-0.1, -0.05) is 13.0 Å². The summed E-state index contributed by atoms with van der Waals surface area (Å²) in [7, 11) is 1.60.